The van der Waals surface area contributed by atoms with Crippen LogP contribution in [0.4, 0.5) is 0 Å². The number of rotatable bonds is 5. The molecule has 1 saturated heterocycles. The summed E-state index contributed by atoms with van der Waals surface area (Å²) in [6, 6.07) is 3.38. The van der Waals surface area contributed by atoms with Gasteiger partial charge in [0.05, 0.1) is 30.5 Å². The van der Waals surface area contributed by atoms with Crippen molar-refractivity contribution in [3.05, 3.63) is 41.1 Å². The van der Waals surface area contributed by atoms with Gasteiger partial charge in [0, 0.05) is 24.9 Å². The Morgan fingerprint density at radius 3 is 2.96 bits per heavy atom. The van der Waals surface area contributed by atoms with Gasteiger partial charge < -0.3 is 19.6 Å². The minimum Gasteiger partial charge on any atom is -0.467 e. The van der Waals surface area contributed by atoms with Crippen molar-refractivity contribution in [2.24, 2.45) is 13.0 Å². The van der Waals surface area contributed by atoms with Gasteiger partial charge >= 0.3 is 0 Å². The minimum atomic E-state index is -0.855. The van der Waals surface area contributed by atoms with Gasteiger partial charge in [0.2, 0.25) is 5.91 Å². The molecule has 7 nitrogen and oxygen atoms in total. The second-order valence-corrected chi connectivity index (χ2v) is 6.17. The molecule has 0 aliphatic carbocycles. The molecule has 0 radical (unpaired) electrons. The van der Waals surface area contributed by atoms with Crippen molar-refractivity contribution in [2.45, 2.75) is 32.5 Å². The first-order valence-electron chi connectivity index (χ1n) is 8.10. The fourth-order valence-electron chi connectivity index (χ4n) is 3.25. The summed E-state index contributed by atoms with van der Waals surface area (Å²) >= 11 is 0. The molecular weight excluding hydrogens is 310 g/mol. The molecule has 1 aliphatic rings. The number of carbonyl (C=O) groups excluding carboxylic acids is 1. The summed E-state index contributed by atoms with van der Waals surface area (Å²) in [4.78, 5) is 12.6. The molecule has 0 bridgehead atoms. The molecule has 2 aromatic rings. The average molecular weight is 333 g/mol. The number of hydrogen-bond acceptors (Lipinski definition) is 5. The van der Waals surface area contributed by atoms with E-state index in [1.165, 1.54) is 6.26 Å². The maximum absolute atomic E-state index is 12.6. The van der Waals surface area contributed by atoms with E-state index < -0.39 is 6.10 Å². The highest BCUT2D eigenvalue weighted by Gasteiger charge is 2.38. The number of aromatic nitrogens is 2. The number of aliphatic hydroxyl groups is 1. The topological polar surface area (TPSA) is 89.5 Å². The summed E-state index contributed by atoms with van der Waals surface area (Å²) in [6.07, 6.45) is 1.00. The van der Waals surface area contributed by atoms with E-state index in [9.17, 15) is 9.90 Å². The molecular formula is C17H23N3O4. The Hall–Kier alpha value is -2.12. The van der Waals surface area contributed by atoms with Crippen LogP contribution in [0.1, 0.15) is 41.3 Å². The number of nitrogens with one attached hydrogen (secondary N) is 1. The number of amides is 1. The average Bonchev–Trinajstić information content (AvgIpc) is 3.27. The van der Waals surface area contributed by atoms with E-state index >= 15 is 0 Å². The standard InChI is InChI=1S/C17H23N3O4/c1-10-15(11(2)20(3)19-10)16-12(6-8-24-16)17(22)18-9-13(21)14-5-4-7-23-14/h4-5,7,12-13,16,21H,6,8-9H2,1-3H3,(H,18,22)/t12-,13?,16-/m0/s1. The number of aliphatic hydroxyl groups excluding tert-OH is 1. The van der Waals surface area contributed by atoms with E-state index in [0.717, 1.165) is 17.0 Å². The summed E-state index contributed by atoms with van der Waals surface area (Å²) in [5.74, 6) is 0.0367. The van der Waals surface area contributed by atoms with Crippen molar-refractivity contribution in [2.75, 3.05) is 13.2 Å². The van der Waals surface area contributed by atoms with Crippen LogP contribution in [-0.2, 0) is 16.6 Å². The molecule has 3 rings (SSSR count). The highest BCUT2D eigenvalue weighted by molar-refractivity contribution is 5.80. The van der Waals surface area contributed by atoms with Crippen LogP contribution >= 0.6 is 0 Å². The lowest BCUT2D eigenvalue weighted by Gasteiger charge is -2.19. The maximum atomic E-state index is 12.6. The molecule has 3 atom stereocenters. The number of furan rings is 1. The summed E-state index contributed by atoms with van der Waals surface area (Å²) in [7, 11) is 1.88. The third-order valence-electron chi connectivity index (χ3n) is 4.62. The lowest BCUT2D eigenvalue weighted by molar-refractivity contribution is -0.127. The molecule has 1 fully saturated rings. The molecule has 7 heteroatoms. The van der Waals surface area contributed by atoms with Gasteiger partial charge in [0.25, 0.3) is 0 Å². The lowest BCUT2D eigenvalue weighted by atomic mass is 9.93. The van der Waals surface area contributed by atoms with Crippen molar-refractivity contribution in [1.82, 2.24) is 15.1 Å². The van der Waals surface area contributed by atoms with Crippen molar-refractivity contribution in [1.29, 1.82) is 0 Å². The third kappa shape index (κ3) is 3.09. The van der Waals surface area contributed by atoms with E-state index in [1.807, 2.05) is 25.6 Å². The zero-order valence-electron chi connectivity index (χ0n) is 14.2. The second-order valence-electron chi connectivity index (χ2n) is 6.17. The predicted octanol–water partition coefficient (Wildman–Crippen LogP) is 1.56. The molecule has 2 aromatic heterocycles. The monoisotopic (exact) mass is 333 g/mol. The Balaban J connectivity index is 1.68. The zero-order chi connectivity index (χ0) is 17.3. The van der Waals surface area contributed by atoms with Gasteiger partial charge in [-0.3, -0.25) is 9.48 Å². The normalized spacial score (nSPS) is 21.8. The van der Waals surface area contributed by atoms with Gasteiger partial charge in [0.15, 0.2) is 0 Å². The van der Waals surface area contributed by atoms with Crippen LogP contribution < -0.4 is 5.32 Å². The maximum Gasteiger partial charge on any atom is 0.226 e. The van der Waals surface area contributed by atoms with Crippen molar-refractivity contribution < 1.29 is 19.1 Å². The molecule has 1 amide bonds. The van der Waals surface area contributed by atoms with E-state index in [4.69, 9.17) is 9.15 Å². The Labute approximate surface area is 140 Å². The summed E-state index contributed by atoms with van der Waals surface area (Å²) < 4.78 is 12.8. The predicted molar refractivity (Wildman–Crippen MR) is 86.2 cm³/mol. The van der Waals surface area contributed by atoms with Crippen LogP contribution in [0.25, 0.3) is 0 Å². The number of carbonyl (C=O) groups is 1. The van der Waals surface area contributed by atoms with Crippen molar-refractivity contribution >= 4 is 5.91 Å². The molecule has 1 aliphatic heterocycles. The minimum absolute atomic E-state index is 0.112. The molecule has 0 saturated carbocycles. The van der Waals surface area contributed by atoms with Gasteiger partial charge in [-0.1, -0.05) is 0 Å². The Morgan fingerprint density at radius 1 is 1.54 bits per heavy atom. The molecule has 2 N–H and O–H groups in total. The molecule has 0 spiro atoms. The van der Waals surface area contributed by atoms with Crippen LogP contribution in [0.2, 0.25) is 0 Å². The number of hydrogen-bond donors (Lipinski definition) is 2. The van der Waals surface area contributed by atoms with Crippen molar-refractivity contribution in [3.63, 3.8) is 0 Å². The Kier molecular flexibility index (Phi) is 4.73. The Morgan fingerprint density at radius 2 is 2.33 bits per heavy atom. The van der Waals surface area contributed by atoms with Gasteiger partial charge in [-0.05, 0) is 32.4 Å². The quantitative estimate of drug-likeness (QED) is 0.867. The molecule has 1 unspecified atom stereocenters. The zero-order valence-corrected chi connectivity index (χ0v) is 14.2. The van der Waals surface area contributed by atoms with Crippen LogP contribution in [0.3, 0.4) is 0 Å². The van der Waals surface area contributed by atoms with Crippen LogP contribution in [-0.4, -0.2) is 33.9 Å². The smallest absolute Gasteiger partial charge is 0.226 e. The van der Waals surface area contributed by atoms with Gasteiger partial charge in [-0.15, -0.1) is 0 Å². The first-order valence-corrected chi connectivity index (χ1v) is 8.10. The van der Waals surface area contributed by atoms with Crippen LogP contribution in [0.15, 0.2) is 22.8 Å². The summed E-state index contributed by atoms with van der Waals surface area (Å²) in [5, 5.41) is 17.2. The van der Waals surface area contributed by atoms with Crippen molar-refractivity contribution in [3.8, 4) is 0 Å². The Bertz CT molecular complexity index is 708. The summed E-state index contributed by atoms with van der Waals surface area (Å²) in [5.41, 5.74) is 2.88. The SMILES string of the molecule is Cc1nn(C)c(C)c1[C@H]1OCC[C@@H]1C(=O)NCC(O)c1ccco1. The third-order valence-corrected chi connectivity index (χ3v) is 4.62. The first-order chi connectivity index (χ1) is 11.5. The van der Waals surface area contributed by atoms with Gasteiger partial charge in [-0.2, -0.15) is 5.10 Å². The van der Waals surface area contributed by atoms with E-state index in [2.05, 4.69) is 10.4 Å². The molecule has 0 aromatic carbocycles. The fraction of sp³-hybridized carbons (Fsp3) is 0.529. The van der Waals surface area contributed by atoms with Crippen LogP contribution in [0, 0.1) is 19.8 Å². The molecule has 3 heterocycles. The summed E-state index contributed by atoms with van der Waals surface area (Å²) in [6.45, 7) is 4.56. The van der Waals surface area contributed by atoms with E-state index in [-0.39, 0.29) is 24.5 Å². The highest BCUT2D eigenvalue weighted by atomic mass is 16.5. The number of aryl methyl sites for hydroxylation is 2. The van der Waals surface area contributed by atoms with Crippen LogP contribution in [0.5, 0.6) is 0 Å². The largest absolute Gasteiger partial charge is 0.467 e. The second kappa shape index (κ2) is 6.78. The lowest BCUT2D eigenvalue weighted by Crippen LogP contribution is -2.35. The number of ether oxygens (including phenoxy) is 1. The molecule has 130 valence electrons. The van der Waals surface area contributed by atoms with E-state index in [1.54, 1.807) is 12.1 Å². The first kappa shape index (κ1) is 16.7. The molecule has 24 heavy (non-hydrogen) atoms. The van der Waals surface area contributed by atoms with E-state index in [0.29, 0.717) is 18.8 Å². The van der Waals surface area contributed by atoms with Gasteiger partial charge in [-0.25, -0.2) is 0 Å². The van der Waals surface area contributed by atoms with Gasteiger partial charge in [0.1, 0.15) is 11.9 Å². The highest BCUT2D eigenvalue weighted by Crippen LogP contribution is 2.37. The fourth-order valence-corrected chi connectivity index (χ4v) is 3.25. The number of nitrogens with zero attached hydrogens (tertiary/aromatic N) is 2.